The highest BCUT2D eigenvalue weighted by Gasteiger charge is 1.97. The molecule has 68 valence electrons. The van der Waals surface area contributed by atoms with Gasteiger partial charge in [0, 0.05) is 23.9 Å². The number of hydrogen-bond acceptors (Lipinski definition) is 3. The molecule has 1 rings (SSSR count). The molecule has 0 aliphatic heterocycles. The molecule has 4 heteroatoms. The minimum Gasteiger partial charge on any atom is -0.497 e. The highest BCUT2D eigenvalue weighted by atomic mass is 35.5. The average Bonchev–Trinajstić information content (AvgIpc) is 2.03. The molecule has 12 heavy (non-hydrogen) atoms. The summed E-state index contributed by atoms with van der Waals surface area (Å²) in [4.78, 5) is 0. The molecule has 0 heterocycles. The topological polar surface area (TPSA) is 44.5 Å². The fourth-order valence-corrected chi connectivity index (χ4v) is 0.829. The largest absolute Gasteiger partial charge is 0.497 e. The summed E-state index contributed by atoms with van der Waals surface area (Å²) in [5.41, 5.74) is 6.19. The van der Waals surface area contributed by atoms with Crippen molar-refractivity contribution >= 4 is 18.1 Å². The highest BCUT2D eigenvalue weighted by molar-refractivity contribution is 5.85. The van der Waals surface area contributed by atoms with Crippen LogP contribution in [0.3, 0.4) is 0 Å². The highest BCUT2D eigenvalue weighted by Crippen LogP contribution is 2.23. The van der Waals surface area contributed by atoms with Gasteiger partial charge in [0.15, 0.2) is 0 Å². The number of nitrogens with two attached hydrogens (primary N) is 1. The van der Waals surface area contributed by atoms with E-state index in [1.165, 1.54) is 0 Å². The Morgan fingerprint density at radius 3 is 1.75 bits per heavy atom. The number of halogens is 1. The first kappa shape index (κ1) is 10.9. The number of methoxy groups -OCH3 is 2. The van der Waals surface area contributed by atoms with E-state index in [9.17, 15) is 0 Å². The Labute approximate surface area is 77.9 Å². The Morgan fingerprint density at radius 2 is 1.42 bits per heavy atom. The monoisotopic (exact) mass is 189 g/mol. The van der Waals surface area contributed by atoms with Crippen LogP contribution in [0.4, 0.5) is 5.69 Å². The van der Waals surface area contributed by atoms with E-state index in [1.54, 1.807) is 32.4 Å². The molecule has 0 bridgehead atoms. The summed E-state index contributed by atoms with van der Waals surface area (Å²) in [6.45, 7) is 0. The van der Waals surface area contributed by atoms with Crippen LogP contribution in [0.25, 0.3) is 0 Å². The fraction of sp³-hybridized carbons (Fsp3) is 0.250. The molecule has 0 saturated heterocycles. The van der Waals surface area contributed by atoms with Gasteiger partial charge in [0.05, 0.1) is 14.2 Å². The molecule has 0 saturated carbocycles. The van der Waals surface area contributed by atoms with Crippen molar-refractivity contribution in [2.45, 2.75) is 0 Å². The van der Waals surface area contributed by atoms with Gasteiger partial charge in [0.1, 0.15) is 11.5 Å². The normalized spacial score (nSPS) is 8.50. The maximum Gasteiger partial charge on any atom is 0.124 e. The number of benzene rings is 1. The van der Waals surface area contributed by atoms with Gasteiger partial charge in [-0.25, -0.2) is 0 Å². The zero-order chi connectivity index (χ0) is 8.27. The maximum absolute atomic E-state index is 5.55. The molecule has 3 nitrogen and oxygen atoms in total. The lowest BCUT2D eigenvalue weighted by molar-refractivity contribution is 0.395. The zero-order valence-corrected chi connectivity index (χ0v) is 7.85. The SMILES string of the molecule is COc1cc(N)cc(OC)c1.Cl. The van der Waals surface area contributed by atoms with Crippen LogP contribution in [-0.4, -0.2) is 14.2 Å². The summed E-state index contributed by atoms with van der Waals surface area (Å²) in [7, 11) is 3.18. The first-order valence-corrected chi connectivity index (χ1v) is 3.25. The van der Waals surface area contributed by atoms with Crippen molar-refractivity contribution < 1.29 is 9.47 Å². The van der Waals surface area contributed by atoms with E-state index < -0.39 is 0 Å². The molecule has 0 fully saturated rings. The standard InChI is InChI=1S/C8H11NO2.ClH/c1-10-7-3-6(9)4-8(5-7)11-2;/h3-5H,9H2,1-2H3;1H. The smallest absolute Gasteiger partial charge is 0.124 e. The molecule has 0 aliphatic carbocycles. The molecule has 0 aromatic heterocycles. The summed E-state index contributed by atoms with van der Waals surface area (Å²) in [5, 5.41) is 0. The zero-order valence-electron chi connectivity index (χ0n) is 7.03. The van der Waals surface area contributed by atoms with E-state index in [4.69, 9.17) is 15.2 Å². The summed E-state index contributed by atoms with van der Waals surface area (Å²) in [6.07, 6.45) is 0. The molecule has 1 aromatic carbocycles. The minimum absolute atomic E-state index is 0. The Hall–Kier alpha value is -1.09. The molecule has 0 radical (unpaired) electrons. The number of rotatable bonds is 2. The Kier molecular flexibility index (Phi) is 4.29. The van der Waals surface area contributed by atoms with Crippen molar-refractivity contribution in [3.63, 3.8) is 0 Å². The molecule has 0 atom stereocenters. The summed E-state index contributed by atoms with van der Waals surface area (Å²) < 4.78 is 9.96. The van der Waals surface area contributed by atoms with E-state index in [0.717, 1.165) is 0 Å². The Bertz CT molecular complexity index is 231. The van der Waals surface area contributed by atoms with Crippen LogP contribution in [0, 0.1) is 0 Å². The minimum atomic E-state index is 0. The van der Waals surface area contributed by atoms with E-state index in [0.29, 0.717) is 17.2 Å². The number of ether oxygens (including phenoxy) is 2. The third kappa shape index (κ3) is 2.51. The molecule has 1 aromatic rings. The van der Waals surface area contributed by atoms with Crippen molar-refractivity contribution in [3.8, 4) is 11.5 Å². The van der Waals surface area contributed by atoms with Gasteiger partial charge >= 0.3 is 0 Å². The lowest BCUT2D eigenvalue weighted by Crippen LogP contribution is -1.90. The second kappa shape index (κ2) is 4.72. The van der Waals surface area contributed by atoms with Gasteiger partial charge in [-0.1, -0.05) is 0 Å². The predicted octanol–water partition coefficient (Wildman–Crippen LogP) is 1.71. The number of hydrogen-bond donors (Lipinski definition) is 1. The van der Waals surface area contributed by atoms with Crippen LogP contribution in [-0.2, 0) is 0 Å². The third-order valence-corrected chi connectivity index (χ3v) is 1.37. The lowest BCUT2D eigenvalue weighted by atomic mass is 10.3. The molecule has 2 N–H and O–H groups in total. The van der Waals surface area contributed by atoms with E-state index in [1.807, 2.05) is 0 Å². The van der Waals surface area contributed by atoms with Crippen LogP contribution in [0.5, 0.6) is 11.5 Å². The summed E-state index contributed by atoms with van der Waals surface area (Å²) in [6, 6.07) is 5.25. The molecular weight excluding hydrogens is 178 g/mol. The van der Waals surface area contributed by atoms with Gasteiger partial charge in [-0.15, -0.1) is 12.4 Å². The second-order valence-corrected chi connectivity index (χ2v) is 2.15. The van der Waals surface area contributed by atoms with Crippen LogP contribution in [0.2, 0.25) is 0 Å². The van der Waals surface area contributed by atoms with Crippen LogP contribution in [0.1, 0.15) is 0 Å². The van der Waals surface area contributed by atoms with Gasteiger partial charge in [0.2, 0.25) is 0 Å². The van der Waals surface area contributed by atoms with Crippen molar-refractivity contribution in [2.24, 2.45) is 0 Å². The van der Waals surface area contributed by atoms with E-state index >= 15 is 0 Å². The fourth-order valence-electron chi connectivity index (χ4n) is 0.829. The van der Waals surface area contributed by atoms with Gasteiger partial charge in [-0.3, -0.25) is 0 Å². The van der Waals surface area contributed by atoms with Gasteiger partial charge in [-0.2, -0.15) is 0 Å². The summed E-state index contributed by atoms with van der Waals surface area (Å²) >= 11 is 0. The second-order valence-electron chi connectivity index (χ2n) is 2.15. The van der Waals surface area contributed by atoms with Crippen molar-refractivity contribution in [1.29, 1.82) is 0 Å². The third-order valence-electron chi connectivity index (χ3n) is 1.37. The Morgan fingerprint density at radius 1 is 1.00 bits per heavy atom. The van der Waals surface area contributed by atoms with Gasteiger partial charge < -0.3 is 15.2 Å². The van der Waals surface area contributed by atoms with Crippen molar-refractivity contribution in [1.82, 2.24) is 0 Å². The van der Waals surface area contributed by atoms with Crippen molar-refractivity contribution in [2.75, 3.05) is 20.0 Å². The van der Waals surface area contributed by atoms with Crippen LogP contribution in [0.15, 0.2) is 18.2 Å². The van der Waals surface area contributed by atoms with E-state index in [2.05, 4.69) is 0 Å². The first-order chi connectivity index (χ1) is 5.26. The van der Waals surface area contributed by atoms with Gasteiger partial charge in [-0.05, 0) is 0 Å². The quantitative estimate of drug-likeness (QED) is 0.721. The molecule has 0 unspecified atom stereocenters. The van der Waals surface area contributed by atoms with Gasteiger partial charge in [0.25, 0.3) is 0 Å². The number of nitrogen functional groups attached to an aromatic ring is 1. The summed E-state index contributed by atoms with van der Waals surface area (Å²) in [5.74, 6) is 1.42. The van der Waals surface area contributed by atoms with E-state index in [-0.39, 0.29) is 12.4 Å². The molecule has 0 aliphatic rings. The molecular formula is C8H12ClNO2. The average molecular weight is 190 g/mol. The predicted molar refractivity (Wildman–Crippen MR) is 51.2 cm³/mol. The number of anilines is 1. The maximum atomic E-state index is 5.55. The first-order valence-electron chi connectivity index (χ1n) is 3.25. The van der Waals surface area contributed by atoms with Crippen LogP contribution >= 0.6 is 12.4 Å². The lowest BCUT2D eigenvalue weighted by Gasteiger charge is -2.04. The Balaban J connectivity index is 0.00000121. The molecule has 0 spiro atoms. The van der Waals surface area contributed by atoms with Crippen molar-refractivity contribution in [3.05, 3.63) is 18.2 Å². The molecule has 0 amide bonds. The van der Waals surface area contributed by atoms with Crippen LogP contribution < -0.4 is 15.2 Å².